The summed E-state index contributed by atoms with van der Waals surface area (Å²) in [6, 6.07) is 5.79. The van der Waals surface area contributed by atoms with Crippen molar-refractivity contribution in [1.29, 1.82) is 0 Å². The van der Waals surface area contributed by atoms with Crippen molar-refractivity contribution in [2.45, 2.75) is 6.61 Å². The Morgan fingerprint density at radius 3 is 2.92 bits per heavy atom. The average Bonchev–Trinajstić information content (AvgIpc) is 3.00. The lowest BCUT2D eigenvalue weighted by Gasteiger charge is -2.11. The third kappa shape index (κ3) is 3.09. The van der Waals surface area contributed by atoms with Gasteiger partial charge < -0.3 is 14.8 Å². The first-order valence-corrected chi connectivity index (χ1v) is 6.81. The zero-order valence-corrected chi connectivity index (χ0v) is 12.4. The highest BCUT2D eigenvalue weighted by Gasteiger charge is 2.16. The van der Waals surface area contributed by atoms with Crippen molar-refractivity contribution < 1.29 is 23.0 Å². The maximum atomic E-state index is 12.4. The molecule has 0 aliphatic carbocycles. The van der Waals surface area contributed by atoms with Gasteiger partial charge in [-0.1, -0.05) is 0 Å². The lowest BCUT2D eigenvalue weighted by molar-refractivity contribution is -0.0512. The number of hydrogen-bond donors (Lipinski definition) is 1. The van der Waals surface area contributed by atoms with Crippen molar-refractivity contribution in [3.8, 4) is 11.5 Å². The number of anilines is 1. The normalized spacial score (nSPS) is 10.8. The number of nitrogens with one attached hydrogen (secondary N) is 1. The third-order valence-electron chi connectivity index (χ3n) is 3.16. The van der Waals surface area contributed by atoms with Crippen molar-refractivity contribution >= 4 is 17.2 Å². The second kappa shape index (κ2) is 6.49. The molecule has 0 radical (unpaired) electrons. The molecule has 3 aromatic rings. The van der Waals surface area contributed by atoms with Crippen LogP contribution in [0.25, 0.3) is 5.65 Å². The van der Waals surface area contributed by atoms with Crippen LogP contribution in [-0.2, 0) is 0 Å². The van der Waals surface area contributed by atoms with Crippen molar-refractivity contribution in [2.75, 3.05) is 12.4 Å². The van der Waals surface area contributed by atoms with Crippen LogP contribution in [0.15, 0.2) is 42.9 Å². The van der Waals surface area contributed by atoms with Crippen molar-refractivity contribution in [1.82, 2.24) is 14.6 Å². The van der Waals surface area contributed by atoms with Gasteiger partial charge in [0.05, 0.1) is 13.3 Å². The zero-order chi connectivity index (χ0) is 17.1. The standard InChI is InChI=1S/C15H12F2N4O3/c1-23-12-7-9(3-4-11(12)24-15(16)17)20-14(22)10-8-19-21-6-2-5-18-13(10)21/h2-8,15H,1H3,(H,20,22). The minimum absolute atomic E-state index is 0.0751. The number of rotatable bonds is 5. The molecule has 9 heteroatoms. The van der Waals surface area contributed by atoms with E-state index < -0.39 is 12.5 Å². The maximum Gasteiger partial charge on any atom is 0.387 e. The first-order chi connectivity index (χ1) is 11.6. The Kier molecular flexibility index (Phi) is 4.23. The SMILES string of the molecule is COc1cc(NC(=O)c2cnn3cccnc23)ccc1OC(F)F. The number of methoxy groups -OCH3 is 1. The number of halogens is 2. The van der Waals surface area contributed by atoms with Crippen LogP contribution in [0.5, 0.6) is 11.5 Å². The zero-order valence-electron chi connectivity index (χ0n) is 12.4. The van der Waals surface area contributed by atoms with Crippen molar-refractivity contribution in [3.05, 3.63) is 48.4 Å². The fourth-order valence-electron chi connectivity index (χ4n) is 2.12. The number of alkyl halides is 2. The van der Waals surface area contributed by atoms with E-state index in [1.54, 1.807) is 18.5 Å². The van der Waals surface area contributed by atoms with E-state index in [-0.39, 0.29) is 17.1 Å². The summed E-state index contributed by atoms with van der Waals surface area (Å²) < 4.78 is 35.4. The van der Waals surface area contributed by atoms with Gasteiger partial charge in [0, 0.05) is 24.1 Å². The van der Waals surface area contributed by atoms with E-state index in [1.165, 1.54) is 36.0 Å². The summed E-state index contributed by atoms with van der Waals surface area (Å²) >= 11 is 0. The summed E-state index contributed by atoms with van der Waals surface area (Å²) in [6.45, 7) is -2.97. The molecule has 124 valence electrons. The summed E-state index contributed by atoms with van der Waals surface area (Å²) in [6.07, 6.45) is 4.61. The molecular formula is C15H12F2N4O3. The van der Waals surface area contributed by atoms with Crippen molar-refractivity contribution in [3.63, 3.8) is 0 Å². The van der Waals surface area contributed by atoms with Gasteiger partial charge in [0.1, 0.15) is 5.56 Å². The van der Waals surface area contributed by atoms with E-state index in [1.807, 2.05) is 0 Å². The van der Waals surface area contributed by atoms with E-state index in [4.69, 9.17) is 4.74 Å². The number of fused-ring (bicyclic) bond motifs is 1. The van der Waals surface area contributed by atoms with Crippen LogP contribution < -0.4 is 14.8 Å². The molecule has 1 amide bonds. The van der Waals surface area contributed by atoms with Gasteiger partial charge in [0.15, 0.2) is 17.1 Å². The Labute approximate surface area is 134 Å². The number of amides is 1. The third-order valence-corrected chi connectivity index (χ3v) is 3.16. The number of benzene rings is 1. The van der Waals surface area contributed by atoms with Crippen LogP contribution in [-0.4, -0.2) is 34.2 Å². The minimum atomic E-state index is -2.97. The second-order valence-corrected chi connectivity index (χ2v) is 4.64. The van der Waals surface area contributed by atoms with Gasteiger partial charge >= 0.3 is 6.61 Å². The highest BCUT2D eigenvalue weighted by molar-refractivity contribution is 6.08. The van der Waals surface area contributed by atoms with Crippen molar-refractivity contribution in [2.24, 2.45) is 0 Å². The summed E-state index contributed by atoms with van der Waals surface area (Å²) in [4.78, 5) is 16.5. The van der Waals surface area contributed by atoms with Gasteiger partial charge in [-0.15, -0.1) is 0 Å². The molecule has 1 aromatic carbocycles. The molecule has 24 heavy (non-hydrogen) atoms. The number of nitrogens with zero attached hydrogens (tertiary/aromatic N) is 3. The van der Waals surface area contributed by atoms with Crippen LogP contribution >= 0.6 is 0 Å². The van der Waals surface area contributed by atoms with E-state index in [0.717, 1.165) is 0 Å². The quantitative estimate of drug-likeness (QED) is 0.776. The molecule has 0 saturated heterocycles. The monoisotopic (exact) mass is 334 g/mol. The van der Waals surface area contributed by atoms with Gasteiger partial charge in [-0.05, 0) is 18.2 Å². The average molecular weight is 334 g/mol. The first kappa shape index (κ1) is 15.7. The first-order valence-electron chi connectivity index (χ1n) is 6.81. The molecule has 0 aliphatic heterocycles. The molecule has 2 aromatic heterocycles. The molecule has 0 spiro atoms. The largest absolute Gasteiger partial charge is 0.493 e. The minimum Gasteiger partial charge on any atom is -0.493 e. The molecule has 7 nitrogen and oxygen atoms in total. The number of carbonyl (C=O) groups excluding carboxylic acids is 1. The Morgan fingerprint density at radius 1 is 1.33 bits per heavy atom. The van der Waals surface area contributed by atoms with Gasteiger partial charge in [0.2, 0.25) is 0 Å². The number of carbonyl (C=O) groups is 1. The van der Waals surface area contributed by atoms with Gasteiger partial charge in [0.25, 0.3) is 5.91 Å². The lowest BCUT2D eigenvalue weighted by atomic mass is 10.2. The molecule has 0 aliphatic rings. The highest BCUT2D eigenvalue weighted by atomic mass is 19.3. The number of ether oxygens (including phenoxy) is 2. The van der Waals surface area contributed by atoms with E-state index >= 15 is 0 Å². The molecule has 1 N–H and O–H groups in total. The summed E-state index contributed by atoms with van der Waals surface area (Å²) in [7, 11) is 1.31. The fraction of sp³-hybridized carbons (Fsp3) is 0.133. The topological polar surface area (TPSA) is 77.8 Å². The molecule has 0 bridgehead atoms. The lowest BCUT2D eigenvalue weighted by Crippen LogP contribution is -2.12. The van der Waals surface area contributed by atoms with E-state index in [0.29, 0.717) is 11.3 Å². The number of hydrogen-bond acceptors (Lipinski definition) is 5. The molecule has 0 unspecified atom stereocenters. The Bertz CT molecular complexity index is 882. The van der Waals surface area contributed by atoms with E-state index in [2.05, 4.69) is 20.1 Å². The van der Waals surface area contributed by atoms with Crippen LogP contribution in [0.1, 0.15) is 10.4 Å². The molecule has 3 rings (SSSR count). The van der Waals surface area contributed by atoms with E-state index in [9.17, 15) is 13.6 Å². The van der Waals surface area contributed by atoms with Crippen LogP contribution in [0.2, 0.25) is 0 Å². The van der Waals surface area contributed by atoms with Gasteiger partial charge in [-0.2, -0.15) is 13.9 Å². The summed E-state index contributed by atoms with van der Waals surface area (Å²) in [5.74, 6) is -0.484. The summed E-state index contributed by atoms with van der Waals surface area (Å²) in [5.41, 5.74) is 1.04. The molecular weight excluding hydrogens is 322 g/mol. The number of aromatic nitrogens is 3. The van der Waals surface area contributed by atoms with Crippen LogP contribution in [0.3, 0.4) is 0 Å². The smallest absolute Gasteiger partial charge is 0.387 e. The van der Waals surface area contributed by atoms with Crippen LogP contribution in [0.4, 0.5) is 14.5 Å². The predicted octanol–water partition coefficient (Wildman–Crippen LogP) is 2.59. The predicted molar refractivity (Wildman–Crippen MR) is 80.6 cm³/mol. The Morgan fingerprint density at radius 2 is 2.17 bits per heavy atom. The van der Waals surface area contributed by atoms with Gasteiger partial charge in [-0.25, -0.2) is 9.50 Å². The second-order valence-electron chi connectivity index (χ2n) is 4.64. The fourth-order valence-corrected chi connectivity index (χ4v) is 2.12. The molecule has 2 heterocycles. The Hall–Kier alpha value is -3.23. The highest BCUT2D eigenvalue weighted by Crippen LogP contribution is 2.31. The molecule has 0 fully saturated rings. The maximum absolute atomic E-state index is 12.4. The molecule has 0 saturated carbocycles. The van der Waals surface area contributed by atoms with Crippen LogP contribution in [0, 0.1) is 0 Å². The Balaban J connectivity index is 1.84. The van der Waals surface area contributed by atoms with Gasteiger partial charge in [-0.3, -0.25) is 4.79 Å². The molecule has 0 atom stereocenters. The summed E-state index contributed by atoms with van der Waals surface area (Å²) in [5, 5.41) is 6.66.